The van der Waals surface area contributed by atoms with Gasteiger partial charge in [-0.15, -0.1) is 0 Å². The molecule has 6 nitrogen and oxygen atoms in total. The molecule has 0 fully saturated rings. The van der Waals surface area contributed by atoms with E-state index in [-0.39, 0.29) is 0 Å². The van der Waals surface area contributed by atoms with Crippen molar-refractivity contribution in [3.63, 3.8) is 0 Å². The minimum absolute atomic E-state index is 0.705. The Kier molecular flexibility index (Phi) is 6.37. The lowest BCUT2D eigenvalue weighted by Gasteiger charge is -2.19. The summed E-state index contributed by atoms with van der Waals surface area (Å²) in [7, 11) is -3.86. The molecule has 0 bridgehead atoms. The van der Waals surface area contributed by atoms with E-state index < -0.39 is 46.6 Å². The first-order chi connectivity index (χ1) is 8.41. The summed E-state index contributed by atoms with van der Waals surface area (Å²) in [6.07, 6.45) is -0.212. The van der Waals surface area contributed by atoms with Crippen LogP contribution in [0.15, 0.2) is 11.7 Å². The lowest BCUT2D eigenvalue weighted by atomic mass is 10.2. The Bertz CT molecular complexity index is 453. The standard InChI is InChI=1S/C10H17F2NO5S/c1-10(2,3)18-9(14)13-5-7(11)8(12)6-17-19(4,15)16/h5-6H2,1-4H3,(H,13,14). The number of hydrogen-bond donors (Lipinski definition) is 1. The molecule has 0 saturated heterocycles. The van der Waals surface area contributed by atoms with Gasteiger partial charge in [0, 0.05) is 0 Å². The summed E-state index contributed by atoms with van der Waals surface area (Å²) < 4.78 is 56.1. The Morgan fingerprint density at radius 2 is 1.74 bits per heavy atom. The third-order valence-electron chi connectivity index (χ3n) is 1.48. The quantitative estimate of drug-likeness (QED) is 0.781. The number of hydrogen-bond acceptors (Lipinski definition) is 5. The van der Waals surface area contributed by atoms with Crippen molar-refractivity contribution < 1.29 is 30.9 Å². The van der Waals surface area contributed by atoms with Crippen LogP contribution in [0.1, 0.15) is 20.8 Å². The first kappa shape index (κ1) is 17.8. The molecule has 0 rings (SSSR count). The van der Waals surface area contributed by atoms with E-state index in [9.17, 15) is 22.0 Å². The highest BCUT2D eigenvalue weighted by Gasteiger charge is 2.17. The van der Waals surface area contributed by atoms with Gasteiger partial charge in [-0.25, -0.2) is 13.6 Å². The number of ether oxygens (including phenoxy) is 1. The molecule has 0 saturated carbocycles. The van der Waals surface area contributed by atoms with Crippen molar-refractivity contribution >= 4 is 16.2 Å². The lowest BCUT2D eigenvalue weighted by Crippen LogP contribution is -2.33. The Morgan fingerprint density at radius 3 is 2.16 bits per heavy atom. The molecule has 0 heterocycles. The highest BCUT2D eigenvalue weighted by molar-refractivity contribution is 7.85. The summed E-state index contributed by atoms with van der Waals surface area (Å²) in [5.74, 6) is -2.75. The second-order valence-electron chi connectivity index (χ2n) is 4.63. The van der Waals surface area contributed by atoms with E-state index in [2.05, 4.69) is 4.18 Å². The van der Waals surface area contributed by atoms with Crippen molar-refractivity contribution in [3.05, 3.63) is 11.7 Å². The van der Waals surface area contributed by atoms with Gasteiger partial charge in [0.1, 0.15) is 12.2 Å². The fourth-order valence-electron chi connectivity index (χ4n) is 0.797. The van der Waals surface area contributed by atoms with Gasteiger partial charge in [0.25, 0.3) is 10.1 Å². The van der Waals surface area contributed by atoms with Gasteiger partial charge in [0.05, 0.1) is 12.8 Å². The Labute approximate surface area is 110 Å². The van der Waals surface area contributed by atoms with E-state index in [1.807, 2.05) is 5.32 Å². The van der Waals surface area contributed by atoms with Gasteiger partial charge in [-0.05, 0) is 20.8 Å². The van der Waals surface area contributed by atoms with Crippen molar-refractivity contribution in [2.45, 2.75) is 26.4 Å². The van der Waals surface area contributed by atoms with Crippen molar-refractivity contribution in [1.82, 2.24) is 5.32 Å². The minimum Gasteiger partial charge on any atom is -0.444 e. The van der Waals surface area contributed by atoms with Crippen molar-refractivity contribution in [3.8, 4) is 0 Å². The van der Waals surface area contributed by atoms with Crippen LogP contribution in [0.3, 0.4) is 0 Å². The van der Waals surface area contributed by atoms with Gasteiger partial charge in [-0.2, -0.15) is 8.42 Å². The van der Waals surface area contributed by atoms with Crippen LogP contribution in [-0.2, 0) is 19.0 Å². The normalized spacial score (nSPS) is 13.8. The fraction of sp³-hybridized carbons (Fsp3) is 0.700. The van der Waals surface area contributed by atoms with Gasteiger partial charge in [-0.3, -0.25) is 4.18 Å². The van der Waals surface area contributed by atoms with Gasteiger partial charge >= 0.3 is 6.09 Å². The van der Waals surface area contributed by atoms with Crippen LogP contribution >= 0.6 is 0 Å². The zero-order valence-corrected chi connectivity index (χ0v) is 11.9. The van der Waals surface area contributed by atoms with E-state index in [4.69, 9.17) is 4.74 Å². The third-order valence-corrected chi connectivity index (χ3v) is 2.03. The molecule has 0 aliphatic rings. The van der Waals surface area contributed by atoms with Crippen LogP contribution in [-0.4, -0.2) is 39.5 Å². The summed E-state index contributed by atoms with van der Waals surface area (Å²) in [4.78, 5) is 11.1. The molecule has 112 valence electrons. The van der Waals surface area contributed by atoms with Crippen LogP contribution in [0.4, 0.5) is 13.6 Å². The second-order valence-corrected chi connectivity index (χ2v) is 6.28. The zero-order valence-electron chi connectivity index (χ0n) is 11.1. The van der Waals surface area contributed by atoms with E-state index in [0.29, 0.717) is 6.26 Å². The summed E-state index contributed by atoms with van der Waals surface area (Å²) in [6.45, 7) is 3.02. The molecule has 0 aromatic heterocycles. The minimum atomic E-state index is -3.86. The monoisotopic (exact) mass is 301 g/mol. The smallest absolute Gasteiger partial charge is 0.408 e. The fourth-order valence-corrected chi connectivity index (χ4v) is 1.11. The highest BCUT2D eigenvalue weighted by atomic mass is 32.2. The number of amides is 1. The Hall–Kier alpha value is -1.22. The molecule has 19 heavy (non-hydrogen) atoms. The van der Waals surface area contributed by atoms with E-state index in [1.165, 1.54) is 0 Å². The molecular formula is C10H17F2NO5S. The predicted octanol–water partition coefficient (Wildman–Crippen LogP) is 1.64. The van der Waals surface area contributed by atoms with Crippen LogP contribution < -0.4 is 5.32 Å². The number of rotatable bonds is 5. The number of carbonyl (C=O) groups excluding carboxylic acids is 1. The molecule has 0 atom stereocenters. The second kappa shape index (κ2) is 6.80. The molecule has 1 amide bonds. The van der Waals surface area contributed by atoms with Crippen molar-refractivity contribution in [1.29, 1.82) is 0 Å². The molecule has 0 aliphatic heterocycles. The number of halogens is 2. The average molecular weight is 301 g/mol. The predicted molar refractivity (Wildman–Crippen MR) is 64.3 cm³/mol. The van der Waals surface area contributed by atoms with Crippen molar-refractivity contribution in [2.24, 2.45) is 0 Å². The van der Waals surface area contributed by atoms with Crippen LogP contribution in [0.2, 0.25) is 0 Å². The van der Waals surface area contributed by atoms with Crippen molar-refractivity contribution in [2.75, 3.05) is 19.4 Å². The average Bonchev–Trinajstić information content (AvgIpc) is 2.19. The SMILES string of the molecule is CC(C)(C)OC(=O)NCC(F)=C(F)COS(C)(=O)=O. The molecule has 9 heteroatoms. The summed E-state index contributed by atoms with van der Waals surface area (Å²) in [5.41, 5.74) is -0.762. The van der Waals surface area contributed by atoms with Crippen LogP contribution in [0, 0.1) is 0 Å². The Balaban J connectivity index is 4.29. The number of carbonyl (C=O) groups is 1. The van der Waals surface area contributed by atoms with Crippen LogP contribution in [0.5, 0.6) is 0 Å². The van der Waals surface area contributed by atoms with E-state index in [1.54, 1.807) is 20.8 Å². The Morgan fingerprint density at radius 1 is 1.21 bits per heavy atom. The van der Waals surface area contributed by atoms with Gasteiger partial charge in [-0.1, -0.05) is 0 Å². The number of nitrogens with one attached hydrogen (secondary N) is 1. The number of alkyl carbamates (subject to hydrolysis) is 1. The first-order valence-corrected chi connectivity index (χ1v) is 7.06. The molecule has 0 radical (unpaired) electrons. The maximum absolute atomic E-state index is 13.1. The van der Waals surface area contributed by atoms with E-state index >= 15 is 0 Å². The molecule has 0 aromatic rings. The maximum atomic E-state index is 13.1. The molecule has 0 unspecified atom stereocenters. The summed E-state index contributed by atoms with van der Waals surface area (Å²) in [6, 6.07) is 0. The third kappa shape index (κ3) is 10.4. The van der Waals surface area contributed by atoms with Gasteiger partial charge < -0.3 is 10.1 Å². The topological polar surface area (TPSA) is 81.7 Å². The largest absolute Gasteiger partial charge is 0.444 e. The van der Waals surface area contributed by atoms with Gasteiger partial charge in [0.2, 0.25) is 0 Å². The molecular weight excluding hydrogens is 284 g/mol. The summed E-state index contributed by atoms with van der Waals surface area (Å²) >= 11 is 0. The van der Waals surface area contributed by atoms with E-state index in [0.717, 1.165) is 0 Å². The molecule has 1 N–H and O–H groups in total. The zero-order chi connectivity index (χ0) is 15.3. The molecule has 0 aliphatic carbocycles. The first-order valence-electron chi connectivity index (χ1n) is 5.25. The highest BCUT2D eigenvalue weighted by Crippen LogP contribution is 2.10. The van der Waals surface area contributed by atoms with Crippen LogP contribution in [0.25, 0.3) is 0 Å². The maximum Gasteiger partial charge on any atom is 0.408 e. The lowest BCUT2D eigenvalue weighted by molar-refractivity contribution is 0.0529. The van der Waals surface area contributed by atoms with Gasteiger partial charge in [0.15, 0.2) is 11.7 Å². The molecule has 0 spiro atoms. The molecule has 0 aromatic carbocycles. The summed E-state index contributed by atoms with van der Waals surface area (Å²) in [5, 5.41) is 1.98.